The van der Waals surface area contributed by atoms with Crippen molar-refractivity contribution in [2.24, 2.45) is 16.5 Å². The Labute approximate surface area is 64.2 Å². The zero-order valence-electron chi connectivity index (χ0n) is 6.26. The van der Waals surface area contributed by atoms with Crippen molar-refractivity contribution >= 4 is 5.96 Å². The molecule has 1 heterocycles. The summed E-state index contributed by atoms with van der Waals surface area (Å²) in [5, 5.41) is 2.43. The van der Waals surface area contributed by atoms with Crippen molar-refractivity contribution in [3.05, 3.63) is 12.0 Å². The van der Waals surface area contributed by atoms with E-state index in [4.69, 9.17) is 11.5 Å². The molecule has 11 heavy (non-hydrogen) atoms. The Kier molecular flexibility index (Phi) is 1.82. The van der Waals surface area contributed by atoms with Gasteiger partial charge in [0.25, 0.3) is 0 Å². The average Bonchev–Trinajstić information content (AvgIpc) is 1.98. The molecule has 0 spiro atoms. The van der Waals surface area contributed by atoms with Crippen LogP contribution in [0.5, 0.6) is 0 Å². The van der Waals surface area contributed by atoms with Crippen LogP contribution in [0.4, 0.5) is 4.39 Å². The molecular formula is C6H11FN4. The van der Waals surface area contributed by atoms with Gasteiger partial charge >= 0.3 is 0 Å². The lowest BCUT2D eigenvalue weighted by molar-refractivity contribution is 0.388. The van der Waals surface area contributed by atoms with E-state index >= 15 is 0 Å². The van der Waals surface area contributed by atoms with Gasteiger partial charge in [0, 0.05) is 6.20 Å². The standard InChI is InChI=1S/C6H11FN4/c1-2-6(9)4(7)3-10-5(8)11-6/h3H,2,9H2,1H3,(H3,8,10,11). The van der Waals surface area contributed by atoms with Gasteiger partial charge in [-0.25, -0.2) is 9.38 Å². The highest BCUT2D eigenvalue weighted by Crippen LogP contribution is 2.21. The Hall–Kier alpha value is -1.10. The molecule has 5 N–H and O–H groups in total. The van der Waals surface area contributed by atoms with Crippen LogP contribution in [0.3, 0.4) is 0 Å². The molecule has 0 saturated heterocycles. The molecule has 5 heteroatoms. The van der Waals surface area contributed by atoms with Gasteiger partial charge in [-0.2, -0.15) is 0 Å². The number of hydrogen-bond acceptors (Lipinski definition) is 4. The zero-order chi connectivity index (χ0) is 8.48. The van der Waals surface area contributed by atoms with Crippen LogP contribution in [0.2, 0.25) is 0 Å². The summed E-state index contributed by atoms with van der Waals surface area (Å²) in [6.07, 6.45) is 1.52. The van der Waals surface area contributed by atoms with E-state index in [0.29, 0.717) is 6.42 Å². The first-order chi connectivity index (χ1) is 5.08. The van der Waals surface area contributed by atoms with Crippen LogP contribution >= 0.6 is 0 Å². The van der Waals surface area contributed by atoms with Crippen molar-refractivity contribution in [2.45, 2.75) is 19.0 Å². The number of halogens is 1. The van der Waals surface area contributed by atoms with E-state index in [1.165, 1.54) is 0 Å². The minimum absolute atomic E-state index is 0.149. The molecule has 1 unspecified atom stereocenters. The Bertz CT molecular complexity index is 223. The maximum atomic E-state index is 12.9. The summed E-state index contributed by atoms with van der Waals surface area (Å²) in [6.45, 7) is 1.75. The van der Waals surface area contributed by atoms with Gasteiger partial charge in [0.1, 0.15) is 0 Å². The number of rotatable bonds is 1. The van der Waals surface area contributed by atoms with E-state index in [1.54, 1.807) is 6.92 Å². The number of hydrogen-bond donors (Lipinski definition) is 3. The van der Waals surface area contributed by atoms with E-state index in [2.05, 4.69) is 10.3 Å². The monoisotopic (exact) mass is 158 g/mol. The molecule has 4 nitrogen and oxygen atoms in total. The fourth-order valence-electron chi connectivity index (χ4n) is 0.811. The fourth-order valence-corrected chi connectivity index (χ4v) is 0.811. The van der Waals surface area contributed by atoms with Gasteiger partial charge in [-0.3, -0.25) is 0 Å². The molecule has 0 aromatic rings. The van der Waals surface area contributed by atoms with Crippen molar-refractivity contribution in [3.63, 3.8) is 0 Å². The van der Waals surface area contributed by atoms with Crippen molar-refractivity contribution in [1.29, 1.82) is 0 Å². The molecule has 0 fully saturated rings. The van der Waals surface area contributed by atoms with E-state index in [9.17, 15) is 4.39 Å². The summed E-state index contributed by atoms with van der Waals surface area (Å²) >= 11 is 0. The second-order valence-electron chi connectivity index (χ2n) is 2.41. The van der Waals surface area contributed by atoms with Gasteiger partial charge in [-0.05, 0) is 6.42 Å². The summed E-state index contributed by atoms with van der Waals surface area (Å²) < 4.78 is 12.9. The molecule has 0 amide bonds. The Morgan fingerprint density at radius 2 is 2.45 bits per heavy atom. The van der Waals surface area contributed by atoms with Crippen LogP contribution in [-0.2, 0) is 0 Å². The zero-order valence-corrected chi connectivity index (χ0v) is 6.26. The number of nitrogens with one attached hydrogen (secondary N) is 1. The first-order valence-corrected chi connectivity index (χ1v) is 3.35. The molecule has 0 aromatic heterocycles. The highest BCUT2D eigenvalue weighted by Gasteiger charge is 2.30. The van der Waals surface area contributed by atoms with Gasteiger partial charge in [0.05, 0.1) is 0 Å². The number of aliphatic imine (C=N–C) groups is 1. The molecule has 0 bridgehead atoms. The van der Waals surface area contributed by atoms with Gasteiger partial charge in [-0.1, -0.05) is 6.92 Å². The lowest BCUT2D eigenvalue weighted by Crippen LogP contribution is -2.46. The Morgan fingerprint density at radius 3 is 2.91 bits per heavy atom. The van der Waals surface area contributed by atoms with Crippen molar-refractivity contribution < 1.29 is 4.39 Å². The van der Waals surface area contributed by atoms with Crippen molar-refractivity contribution in [1.82, 2.24) is 5.32 Å². The predicted molar refractivity (Wildman–Crippen MR) is 41.2 cm³/mol. The number of nitrogens with zero attached hydrogens (tertiary/aromatic N) is 1. The Morgan fingerprint density at radius 1 is 1.82 bits per heavy atom. The maximum Gasteiger partial charge on any atom is 0.195 e. The summed E-state index contributed by atoms with van der Waals surface area (Å²) in [6, 6.07) is 0. The number of nitrogens with two attached hydrogens (primary N) is 2. The molecule has 1 aliphatic rings. The molecule has 62 valence electrons. The molecule has 1 rings (SSSR count). The van der Waals surface area contributed by atoms with Crippen LogP contribution in [0.1, 0.15) is 13.3 Å². The van der Waals surface area contributed by atoms with Gasteiger partial charge in [0.15, 0.2) is 17.4 Å². The lowest BCUT2D eigenvalue weighted by Gasteiger charge is -2.25. The smallest absolute Gasteiger partial charge is 0.195 e. The first kappa shape index (κ1) is 8.00. The van der Waals surface area contributed by atoms with E-state index in [-0.39, 0.29) is 5.96 Å². The molecule has 0 saturated carbocycles. The second kappa shape index (κ2) is 2.50. The molecular weight excluding hydrogens is 147 g/mol. The van der Waals surface area contributed by atoms with Crippen molar-refractivity contribution in [2.75, 3.05) is 0 Å². The molecule has 0 aliphatic carbocycles. The summed E-state index contributed by atoms with van der Waals surface area (Å²) in [7, 11) is 0. The minimum atomic E-state index is -1.25. The lowest BCUT2D eigenvalue weighted by atomic mass is 10.1. The largest absolute Gasteiger partial charge is 0.370 e. The molecule has 1 atom stereocenters. The fraction of sp³-hybridized carbons (Fsp3) is 0.500. The van der Waals surface area contributed by atoms with Crippen LogP contribution in [0, 0.1) is 0 Å². The predicted octanol–water partition coefficient (Wildman–Crippen LogP) is -0.220. The third-order valence-electron chi connectivity index (χ3n) is 1.62. The quantitative estimate of drug-likeness (QED) is 0.493. The summed E-state index contributed by atoms with van der Waals surface area (Å²) in [5.41, 5.74) is 9.58. The van der Waals surface area contributed by atoms with E-state index in [0.717, 1.165) is 6.20 Å². The van der Waals surface area contributed by atoms with E-state index < -0.39 is 11.5 Å². The van der Waals surface area contributed by atoms with Crippen LogP contribution in [0.15, 0.2) is 17.0 Å². The molecule has 1 aliphatic heterocycles. The van der Waals surface area contributed by atoms with Crippen LogP contribution in [0.25, 0.3) is 0 Å². The molecule has 0 radical (unpaired) electrons. The first-order valence-electron chi connectivity index (χ1n) is 3.35. The van der Waals surface area contributed by atoms with Crippen molar-refractivity contribution in [3.8, 4) is 0 Å². The van der Waals surface area contributed by atoms with Gasteiger partial charge in [0.2, 0.25) is 0 Å². The summed E-state index contributed by atoms with van der Waals surface area (Å²) in [5.74, 6) is -0.343. The van der Waals surface area contributed by atoms with Crippen LogP contribution < -0.4 is 16.8 Å². The van der Waals surface area contributed by atoms with Gasteiger partial charge < -0.3 is 16.8 Å². The second-order valence-corrected chi connectivity index (χ2v) is 2.41. The average molecular weight is 158 g/mol. The van der Waals surface area contributed by atoms with E-state index in [1.807, 2.05) is 0 Å². The minimum Gasteiger partial charge on any atom is -0.370 e. The Balaban J connectivity index is 2.92. The highest BCUT2D eigenvalue weighted by molar-refractivity contribution is 5.80. The topological polar surface area (TPSA) is 76.4 Å². The third-order valence-corrected chi connectivity index (χ3v) is 1.62. The maximum absolute atomic E-state index is 12.9. The van der Waals surface area contributed by atoms with Crippen LogP contribution in [-0.4, -0.2) is 11.6 Å². The normalized spacial score (nSPS) is 30.5. The highest BCUT2D eigenvalue weighted by atomic mass is 19.1. The van der Waals surface area contributed by atoms with Gasteiger partial charge in [-0.15, -0.1) is 0 Å². The SMILES string of the molecule is CCC1(N)N=C(N)NC=C1F. The molecule has 0 aromatic carbocycles. The summed E-state index contributed by atoms with van der Waals surface area (Å²) in [4.78, 5) is 3.73. The third kappa shape index (κ3) is 1.32. The number of guanidine groups is 1.